The molecule has 0 atom stereocenters. The third-order valence-electron chi connectivity index (χ3n) is 2.71. The first-order valence-corrected chi connectivity index (χ1v) is 5.81. The Balaban J connectivity index is 1.80. The average molecular weight is 197 g/mol. The molecule has 0 radical (unpaired) electrons. The van der Waals surface area contributed by atoms with Gasteiger partial charge in [-0.05, 0) is 51.6 Å². The van der Waals surface area contributed by atoms with Gasteiger partial charge in [-0.25, -0.2) is 0 Å². The Labute approximate surface area is 87.7 Å². The zero-order valence-electron chi connectivity index (χ0n) is 9.35. The molecule has 0 aromatic carbocycles. The third-order valence-corrected chi connectivity index (χ3v) is 2.71. The van der Waals surface area contributed by atoms with Crippen molar-refractivity contribution >= 4 is 0 Å². The number of methoxy groups -OCH3 is 1. The van der Waals surface area contributed by atoms with E-state index in [1.54, 1.807) is 12.7 Å². The molecule has 0 amide bonds. The number of ether oxygens (including phenoxy) is 1. The lowest BCUT2D eigenvalue weighted by Crippen LogP contribution is -2.17. The fourth-order valence-electron chi connectivity index (χ4n) is 1.83. The second-order valence-corrected chi connectivity index (χ2v) is 3.95. The van der Waals surface area contributed by atoms with Gasteiger partial charge in [0, 0.05) is 13.7 Å². The predicted molar refractivity (Wildman–Crippen MR) is 60.5 cm³/mol. The summed E-state index contributed by atoms with van der Waals surface area (Å²) >= 11 is 0. The summed E-state index contributed by atoms with van der Waals surface area (Å²) in [6.45, 7) is 3.18. The van der Waals surface area contributed by atoms with Gasteiger partial charge in [0.25, 0.3) is 0 Å². The number of nitrogens with one attached hydrogen (secondary N) is 1. The van der Waals surface area contributed by atoms with Crippen LogP contribution in [0.4, 0.5) is 0 Å². The van der Waals surface area contributed by atoms with Crippen LogP contribution in [-0.2, 0) is 4.74 Å². The Bertz CT molecular complexity index is 166. The van der Waals surface area contributed by atoms with Gasteiger partial charge in [0.05, 0.1) is 0 Å². The maximum Gasteiger partial charge on any atom is 0.0462 e. The van der Waals surface area contributed by atoms with Gasteiger partial charge in [0.15, 0.2) is 0 Å². The molecule has 2 nitrogen and oxygen atoms in total. The number of rotatable bonds is 8. The maximum atomic E-state index is 4.99. The van der Waals surface area contributed by atoms with Crippen LogP contribution in [0.3, 0.4) is 0 Å². The van der Waals surface area contributed by atoms with Crippen molar-refractivity contribution in [1.82, 2.24) is 5.32 Å². The lowest BCUT2D eigenvalue weighted by atomic mass is 10.2. The first-order chi connectivity index (χ1) is 6.93. The summed E-state index contributed by atoms with van der Waals surface area (Å²) in [5.41, 5.74) is 1.66. The molecule has 82 valence electrons. The minimum atomic E-state index is 0.896. The zero-order valence-corrected chi connectivity index (χ0v) is 9.35. The molecule has 0 aliphatic heterocycles. The van der Waals surface area contributed by atoms with E-state index in [1.807, 2.05) is 0 Å². The first-order valence-electron chi connectivity index (χ1n) is 5.81. The highest BCUT2D eigenvalue weighted by molar-refractivity contribution is 5.07. The molecule has 2 heteroatoms. The fourth-order valence-corrected chi connectivity index (χ4v) is 1.83. The monoisotopic (exact) mass is 197 g/mol. The van der Waals surface area contributed by atoms with Gasteiger partial charge in [-0.15, -0.1) is 0 Å². The smallest absolute Gasteiger partial charge is 0.0462 e. The van der Waals surface area contributed by atoms with Crippen molar-refractivity contribution in [2.24, 2.45) is 0 Å². The minimum Gasteiger partial charge on any atom is -0.385 e. The van der Waals surface area contributed by atoms with Crippen molar-refractivity contribution < 1.29 is 4.74 Å². The molecule has 0 heterocycles. The third kappa shape index (κ3) is 5.40. The maximum absolute atomic E-state index is 4.99. The van der Waals surface area contributed by atoms with Crippen LogP contribution in [0, 0.1) is 0 Å². The highest BCUT2D eigenvalue weighted by Crippen LogP contribution is 2.19. The highest BCUT2D eigenvalue weighted by Gasteiger charge is 2.02. The van der Waals surface area contributed by atoms with Crippen molar-refractivity contribution in [3.8, 4) is 0 Å². The van der Waals surface area contributed by atoms with E-state index in [4.69, 9.17) is 4.74 Å². The van der Waals surface area contributed by atoms with Crippen LogP contribution in [0.2, 0.25) is 0 Å². The highest BCUT2D eigenvalue weighted by atomic mass is 16.5. The summed E-state index contributed by atoms with van der Waals surface area (Å²) < 4.78 is 4.99. The molecule has 0 spiro atoms. The van der Waals surface area contributed by atoms with Gasteiger partial charge in [-0.3, -0.25) is 0 Å². The standard InChI is InChI=1S/C12H23NO/c1-14-11-5-4-9-13-10-8-12-6-2-3-7-12/h6,13H,2-5,7-11H2,1H3. The number of hydrogen-bond donors (Lipinski definition) is 1. The molecule has 1 aliphatic carbocycles. The average Bonchev–Trinajstić information content (AvgIpc) is 2.69. The van der Waals surface area contributed by atoms with Gasteiger partial charge in [-0.2, -0.15) is 0 Å². The fraction of sp³-hybridized carbons (Fsp3) is 0.833. The summed E-state index contributed by atoms with van der Waals surface area (Å²) in [4.78, 5) is 0. The molecule has 1 aliphatic rings. The summed E-state index contributed by atoms with van der Waals surface area (Å²) in [5, 5.41) is 3.47. The van der Waals surface area contributed by atoms with E-state index in [0.717, 1.165) is 19.7 Å². The van der Waals surface area contributed by atoms with Crippen LogP contribution in [0.15, 0.2) is 11.6 Å². The van der Waals surface area contributed by atoms with Crippen LogP contribution in [0.5, 0.6) is 0 Å². The van der Waals surface area contributed by atoms with Gasteiger partial charge >= 0.3 is 0 Å². The van der Waals surface area contributed by atoms with Crippen LogP contribution in [0.25, 0.3) is 0 Å². The molecule has 0 unspecified atom stereocenters. The van der Waals surface area contributed by atoms with Crippen molar-refractivity contribution in [3.05, 3.63) is 11.6 Å². The normalized spacial score (nSPS) is 15.9. The second kappa shape index (κ2) is 8.01. The number of allylic oxidation sites excluding steroid dienone is 1. The van der Waals surface area contributed by atoms with Gasteiger partial charge in [0.1, 0.15) is 0 Å². The predicted octanol–water partition coefficient (Wildman–Crippen LogP) is 2.50. The Morgan fingerprint density at radius 2 is 2.29 bits per heavy atom. The first kappa shape index (κ1) is 11.7. The molecule has 0 aromatic rings. The quantitative estimate of drug-likeness (QED) is 0.477. The van der Waals surface area contributed by atoms with Crippen LogP contribution >= 0.6 is 0 Å². The van der Waals surface area contributed by atoms with E-state index in [1.165, 1.54) is 38.5 Å². The van der Waals surface area contributed by atoms with Crippen molar-refractivity contribution in [2.45, 2.75) is 38.5 Å². The molecule has 0 saturated carbocycles. The Morgan fingerprint density at radius 3 is 3.00 bits per heavy atom. The summed E-state index contributed by atoms with van der Waals surface area (Å²) in [6.07, 6.45) is 10.1. The van der Waals surface area contributed by atoms with E-state index >= 15 is 0 Å². The van der Waals surface area contributed by atoms with Crippen molar-refractivity contribution in [2.75, 3.05) is 26.8 Å². The molecule has 0 bridgehead atoms. The molecule has 0 aromatic heterocycles. The lowest BCUT2D eigenvalue weighted by molar-refractivity contribution is 0.192. The summed E-state index contributed by atoms with van der Waals surface area (Å²) in [6, 6.07) is 0. The van der Waals surface area contributed by atoms with E-state index in [-0.39, 0.29) is 0 Å². The van der Waals surface area contributed by atoms with E-state index in [0.29, 0.717) is 0 Å². The SMILES string of the molecule is COCCCCNCCC1=CCCC1. The van der Waals surface area contributed by atoms with Crippen LogP contribution in [0.1, 0.15) is 38.5 Å². The second-order valence-electron chi connectivity index (χ2n) is 3.95. The van der Waals surface area contributed by atoms with Gasteiger partial charge in [-0.1, -0.05) is 11.6 Å². The largest absolute Gasteiger partial charge is 0.385 e. The molecule has 1 N–H and O–H groups in total. The van der Waals surface area contributed by atoms with Crippen molar-refractivity contribution in [1.29, 1.82) is 0 Å². The molecular formula is C12H23NO. The molecule has 0 fully saturated rings. The summed E-state index contributed by atoms with van der Waals surface area (Å²) in [7, 11) is 1.76. The van der Waals surface area contributed by atoms with E-state index < -0.39 is 0 Å². The Kier molecular flexibility index (Phi) is 6.71. The van der Waals surface area contributed by atoms with Gasteiger partial charge in [0.2, 0.25) is 0 Å². The molecular weight excluding hydrogens is 174 g/mol. The van der Waals surface area contributed by atoms with Crippen LogP contribution in [-0.4, -0.2) is 26.8 Å². The lowest BCUT2D eigenvalue weighted by Gasteiger charge is -2.04. The van der Waals surface area contributed by atoms with Crippen LogP contribution < -0.4 is 5.32 Å². The van der Waals surface area contributed by atoms with E-state index in [2.05, 4.69) is 11.4 Å². The number of unbranched alkanes of at least 4 members (excludes halogenated alkanes) is 1. The Hall–Kier alpha value is -0.340. The number of hydrogen-bond acceptors (Lipinski definition) is 2. The minimum absolute atomic E-state index is 0.896. The molecule has 14 heavy (non-hydrogen) atoms. The zero-order chi connectivity index (χ0) is 10.1. The van der Waals surface area contributed by atoms with E-state index in [9.17, 15) is 0 Å². The summed E-state index contributed by atoms with van der Waals surface area (Å²) in [5.74, 6) is 0. The topological polar surface area (TPSA) is 21.3 Å². The van der Waals surface area contributed by atoms with Gasteiger partial charge < -0.3 is 10.1 Å². The molecule has 1 rings (SSSR count). The Morgan fingerprint density at radius 1 is 1.36 bits per heavy atom. The van der Waals surface area contributed by atoms with Crippen molar-refractivity contribution in [3.63, 3.8) is 0 Å². The molecule has 0 saturated heterocycles.